The molecular formula is C16H14FN3O3S. The van der Waals surface area contributed by atoms with Crippen LogP contribution in [0.2, 0.25) is 0 Å². The van der Waals surface area contributed by atoms with E-state index in [9.17, 15) is 17.6 Å². The van der Waals surface area contributed by atoms with Crippen LogP contribution in [0.15, 0.2) is 40.2 Å². The fraction of sp³-hybridized carbons (Fsp3) is 0.125. The number of guanidine groups is 1. The first-order chi connectivity index (χ1) is 11.2. The molecule has 8 heteroatoms. The predicted octanol–water partition coefficient (Wildman–Crippen LogP) is 1.50. The summed E-state index contributed by atoms with van der Waals surface area (Å²) in [7, 11) is -3.66. The van der Waals surface area contributed by atoms with E-state index in [1.54, 1.807) is 13.0 Å². The zero-order chi connectivity index (χ0) is 17.6. The molecule has 0 aliphatic carbocycles. The van der Waals surface area contributed by atoms with E-state index in [-0.39, 0.29) is 16.2 Å². The lowest BCUT2D eigenvalue weighted by molar-refractivity contribution is 0.100. The fourth-order valence-corrected chi connectivity index (χ4v) is 4.39. The smallest absolute Gasteiger partial charge is 0.280 e. The third kappa shape index (κ3) is 2.65. The summed E-state index contributed by atoms with van der Waals surface area (Å²) in [5.74, 6) is -1.85. The van der Waals surface area contributed by atoms with Gasteiger partial charge in [-0.25, -0.2) is 12.8 Å². The maximum Gasteiger partial charge on any atom is 0.280 e. The Hall–Kier alpha value is -2.74. The summed E-state index contributed by atoms with van der Waals surface area (Å²) in [6.07, 6.45) is 0. The molecule has 0 radical (unpaired) electrons. The van der Waals surface area contributed by atoms with Crippen molar-refractivity contribution in [1.29, 1.82) is 0 Å². The Balaban J connectivity index is 2.30. The Morgan fingerprint density at radius 2 is 1.88 bits per heavy atom. The van der Waals surface area contributed by atoms with E-state index in [4.69, 9.17) is 11.5 Å². The number of sulfone groups is 1. The molecule has 0 bridgehead atoms. The van der Waals surface area contributed by atoms with E-state index in [0.717, 1.165) is 0 Å². The molecule has 0 fully saturated rings. The lowest BCUT2D eigenvalue weighted by Crippen LogP contribution is -2.24. The molecule has 6 nitrogen and oxygen atoms in total. The largest absolute Gasteiger partial charge is 0.370 e. The molecule has 2 aromatic carbocycles. The van der Waals surface area contributed by atoms with Crippen molar-refractivity contribution in [2.24, 2.45) is 16.5 Å². The zero-order valence-electron chi connectivity index (χ0n) is 12.7. The Morgan fingerprint density at radius 3 is 2.54 bits per heavy atom. The molecule has 1 heterocycles. The molecule has 0 spiro atoms. The number of aliphatic imine (C=N–C) groups is 1. The van der Waals surface area contributed by atoms with E-state index < -0.39 is 27.5 Å². The van der Waals surface area contributed by atoms with Crippen molar-refractivity contribution in [3.63, 3.8) is 0 Å². The number of aryl methyl sites for hydroxylation is 1. The van der Waals surface area contributed by atoms with Crippen molar-refractivity contribution in [1.82, 2.24) is 0 Å². The van der Waals surface area contributed by atoms with Crippen LogP contribution in [0, 0.1) is 12.7 Å². The van der Waals surface area contributed by atoms with Crippen molar-refractivity contribution in [3.05, 3.63) is 52.8 Å². The van der Waals surface area contributed by atoms with Gasteiger partial charge in [0.15, 0.2) is 15.8 Å². The van der Waals surface area contributed by atoms with Crippen LogP contribution < -0.4 is 11.5 Å². The number of amides is 1. The number of carbonyl (C=O) groups is 1. The van der Waals surface area contributed by atoms with Gasteiger partial charge in [-0.2, -0.15) is 4.99 Å². The van der Waals surface area contributed by atoms with Crippen LogP contribution in [0.1, 0.15) is 21.5 Å². The Kier molecular flexibility index (Phi) is 3.64. The van der Waals surface area contributed by atoms with Gasteiger partial charge < -0.3 is 11.5 Å². The first-order valence-corrected chi connectivity index (χ1v) is 8.64. The molecule has 0 atom stereocenters. The minimum absolute atomic E-state index is 0.0275. The molecule has 0 saturated heterocycles. The number of nitrogens with two attached hydrogens (primary N) is 2. The Labute approximate surface area is 137 Å². The summed E-state index contributed by atoms with van der Waals surface area (Å²) < 4.78 is 38.7. The summed E-state index contributed by atoms with van der Waals surface area (Å²) in [6, 6.07) is 6.77. The second kappa shape index (κ2) is 5.41. The molecule has 4 N–H and O–H groups in total. The number of fused-ring (bicyclic) bond motifs is 3. The summed E-state index contributed by atoms with van der Waals surface area (Å²) in [5, 5.41) is 0. The van der Waals surface area contributed by atoms with E-state index in [0.29, 0.717) is 22.3 Å². The predicted molar refractivity (Wildman–Crippen MR) is 87.6 cm³/mol. The molecule has 1 aliphatic rings. The average molecular weight is 347 g/mol. The number of benzene rings is 2. The topological polar surface area (TPSA) is 116 Å². The van der Waals surface area contributed by atoms with Crippen LogP contribution in [0.25, 0.3) is 11.1 Å². The summed E-state index contributed by atoms with van der Waals surface area (Å²) >= 11 is 0. The lowest BCUT2D eigenvalue weighted by atomic mass is 9.96. The average Bonchev–Trinajstić information content (AvgIpc) is 2.46. The fourth-order valence-electron chi connectivity index (χ4n) is 2.77. The van der Waals surface area contributed by atoms with E-state index in [2.05, 4.69) is 4.99 Å². The molecule has 1 aliphatic heterocycles. The first kappa shape index (κ1) is 16.1. The number of rotatable bonds is 1. The van der Waals surface area contributed by atoms with Gasteiger partial charge in [-0.15, -0.1) is 0 Å². The van der Waals surface area contributed by atoms with Crippen LogP contribution in [0.4, 0.5) is 4.39 Å². The summed E-state index contributed by atoms with van der Waals surface area (Å²) in [4.78, 5) is 15.5. The molecular weight excluding hydrogens is 333 g/mol. The number of halogens is 1. The molecule has 0 aromatic heterocycles. The second-order valence-corrected chi connectivity index (χ2v) is 7.52. The van der Waals surface area contributed by atoms with Crippen LogP contribution in [-0.2, 0) is 15.6 Å². The second-order valence-electron chi connectivity index (χ2n) is 5.57. The SMILES string of the molecule is Cc1cc2c(cc1C(=O)N=C(N)N)S(=O)(=O)Cc1ccc(F)cc1-2. The molecule has 0 saturated carbocycles. The van der Waals surface area contributed by atoms with Crippen LogP contribution in [0.5, 0.6) is 0 Å². The van der Waals surface area contributed by atoms with E-state index in [1.165, 1.54) is 24.3 Å². The van der Waals surface area contributed by atoms with Gasteiger partial charge in [-0.3, -0.25) is 4.79 Å². The number of nitrogens with zero attached hydrogens (tertiary/aromatic N) is 1. The highest BCUT2D eigenvalue weighted by Gasteiger charge is 2.30. The van der Waals surface area contributed by atoms with Crippen LogP contribution in [0.3, 0.4) is 0 Å². The van der Waals surface area contributed by atoms with Gasteiger partial charge in [-0.05, 0) is 47.9 Å². The van der Waals surface area contributed by atoms with Crippen molar-refractivity contribution >= 4 is 21.7 Å². The molecule has 3 rings (SSSR count). The Morgan fingerprint density at radius 1 is 1.17 bits per heavy atom. The number of hydrogen-bond acceptors (Lipinski definition) is 3. The monoisotopic (exact) mass is 347 g/mol. The lowest BCUT2D eigenvalue weighted by Gasteiger charge is -2.21. The highest BCUT2D eigenvalue weighted by atomic mass is 32.2. The molecule has 1 amide bonds. The van der Waals surface area contributed by atoms with E-state index in [1.807, 2.05) is 0 Å². The van der Waals surface area contributed by atoms with Gasteiger partial charge in [0.1, 0.15) is 5.82 Å². The van der Waals surface area contributed by atoms with Gasteiger partial charge in [0.25, 0.3) is 5.91 Å². The van der Waals surface area contributed by atoms with Crippen molar-refractivity contribution in [2.75, 3.05) is 0 Å². The quantitative estimate of drug-likeness (QED) is 0.599. The number of hydrogen-bond donors (Lipinski definition) is 2. The van der Waals surface area contributed by atoms with Crippen LogP contribution >= 0.6 is 0 Å². The minimum Gasteiger partial charge on any atom is -0.370 e. The summed E-state index contributed by atoms with van der Waals surface area (Å²) in [5.41, 5.74) is 12.4. The van der Waals surface area contributed by atoms with Crippen LogP contribution in [-0.4, -0.2) is 20.3 Å². The van der Waals surface area contributed by atoms with Gasteiger partial charge >= 0.3 is 0 Å². The van der Waals surface area contributed by atoms with Gasteiger partial charge in [-0.1, -0.05) is 6.07 Å². The summed E-state index contributed by atoms with van der Waals surface area (Å²) in [6.45, 7) is 1.63. The third-order valence-electron chi connectivity index (χ3n) is 3.83. The Bertz CT molecular complexity index is 1010. The van der Waals surface area contributed by atoms with Crippen molar-refractivity contribution in [3.8, 4) is 11.1 Å². The molecule has 24 heavy (non-hydrogen) atoms. The maximum absolute atomic E-state index is 13.6. The van der Waals surface area contributed by atoms with Gasteiger partial charge in [0.05, 0.1) is 10.6 Å². The van der Waals surface area contributed by atoms with Gasteiger partial charge in [0, 0.05) is 11.1 Å². The molecule has 2 aromatic rings. The van der Waals surface area contributed by atoms with Gasteiger partial charge in [0.2, 0.25) is 0 Å². The third-order valence-corrected chi connectivity index (χ3v) is 5.53. The standard InChI is InChI=1S/C16H14FN3O3S/c1-8-4-13-12-5-10(17)3-2-9(12)7-24(22,23)14(13)6-11(8)15(21)20-16(18)19/h2-6H,7H2,1H3,(H4,18,19,20,21). The van der Waals surface area contributed by atoms with E-state index >= 15 is 0 Å². The normalized spacial score (nSPS) is 14.4. The number of carbonyl (C=O) groups excluding carboxylic acids is 1. The zero-order valence-corrected chi connectivity index (χ0v) is 13.5. The molecule has 0 unspecified atom stereocenters. The van der Waals surface area contributed by atoms with Crippen molar-refractivity contribution < 1.29 is 17.6 Å². The molecule has 124 valence electrons. The van der Waals surface area contributed by atoms with Crippen molar-refractivity contribution in [2.45, 2.75) is 17.6 Å². The minimum atomic E-state index is -3.66. The first-order valence-electron chi connectivity index (χ1n) is 6.99. The highest BCUT2D eigenvalue weighted by molar-refractivity contribution is 7.90. The highest BCUT2D eigenvalue weighted by Crippen LogP contribution is 2.39. The maximum atomic E-state index is 13.6.